The summed E-state index contributed by atoms with van der Waals surface area (Å²) in [6.45, 7) is 0.623. The summed E-state index contributed by atoms with van der Waals surface area (Å²) in [6.07, 6.45) is 5.93. The number of carbonyl (C=O) groups is 3. The van der Waals surface area contributed by atoms with Crippen molar-refractivity contribution in [3.05, 3.63) is 0 Å². The summed E-state index contributed by atoms with van der Waals surface area (Å²) < 4.78 is 0. The van der Waals surface area contributed by atoms with Crippen molar-refractivity contribution in [2.75, 3.05) is 12.3 Å². The van der Waals surface area contributed by atoms with Gasteiger partial charge in [-0.25, -0.2) is 4.79 Å². The topological polar surface area (TPSA) is 108 Å². The Morgan fingerprint density at radius 1 is 1.12 bits per heavy atom. The Bertz CT molecular complexity index is 461. The second kappa shape index (κ2) is 9.76. The number of urea groups is 1. The lowest BCUT2D eigenvalue weighted by Gasteiger charge is -2.16. The van der Waals surface area contributed by atoms with Gasteiger partial charge in [-0.05, 0) is 25.7 Å². The van der Waals surface area contributed by atoms with Crippen molar-refractivity contribution < 1.29 is 19.5 Å². The molecule has 8 heteroatoms. The lowest BCUT2D eigenvalue weighted by molar-refractivity contribution is -0.137. The van der Waals surface area contributed by atoms with Gasteiger partial charge in [-0.3, -0.25) is 9.59 Å². The van der Waals surface area contributed by atoms with Gasteiger partial charge in [0.25, 0.3) is 0 Å². The summed E-state index contributed by atoms with van der Waals surface area (Å²) in [5.41, 5.74) is 0. The molecule has 0 spiro atoms. The lowest BCUT2D eigenvalue weighted by atomic mass is 10.0. The molecule has 136 valence electrons. The first-order chi connectivity index (χ1) is 11.6. The molecule has 0 aromatic rings. The van der Waals surface area contributed by atoms with E-state index < -0.39 is 5.97 Å². The van der Waals surface area contributed by atoms with Crippen LogP contribution in [0.25, 0.3) is 0 Å². The van der Waals surface area contributed by atoms with E-state index >= 15 is 0 Å². The number of aliphatic carboxylic acids is 1. The number of unbranched alkanes of at least 4 members (excludes halogenated alkanes) is 3. The normalized spacial score (nSPS) is 25.0. The number of carboxylic acid groups (broad SMARTS) is 1. The number of amides is 3. The molecule has 2 aliphatic heterocycles. The van der Waals surface area contributed by atoms with Crippen LogP contribution < -0.4 is 16.0 Å². The Balaban J connectivity index is 1.45. The fourth-order valence-corrected chi connectivity index (χ4v) is 4.71. The van der Waals surface area contributed by atoms with Gasteiger partial charge in [-0.2, -0.15) is 11.8 Å². The van der Waals surface area contributed by atoms with E-state index in [2.05, 4.69) is 16.0 Å². The van der Waals surface area contributed by atoms with Gasteiger partial charge >= 0.3 is 12.0 Å². The SMILES string of the molecule is O=C(O)CCCCCNC(=O)CCCCC1SC[C@@H]2NC(=O)N[C@H]12. The molecule has 0 radical (unpaired) electrons. The zero-order valence-corrected chi connectivity index (χ0v) is 14.7. The highest BCUT2D eigenvalue weighted by molar-refractivity contribution is 8.00. The average Bonchev–Trinajstić information content (AvgIpc) is 3.06. The average molecular weight is 357 g/mol. The van der Waals surface area contributed by atoms with Crippen LogP contribution in [0, 0.1) is 0 Å². The van der Waals surface area contributed by atoms with Crippen LogP contribution in [-0.4, -0.2) is 52.6 Å². The van der Waals surface area contributed by atoms with Gasteiger partial charge < -0.3 is 21.1 Å². The molecule has 2 heterocycles. The lowest BCUT2D eigenvalue weighted by Crippen LogP contribution is -2.36. The Kier molecular flexibility index (Phi) is 7.68. The first-order valence-corrected chi connectivity index (χ1v) is 9.78. The highest BCUT2D eigenvalue weighted by atomic mass is 32.2. The Morgan fingerprint density at radius 2 is 1.92 bits per heavy atom. The molecule has 0 aliphatic carbocycles. The van der Waals surface area contributed by atoms with E-state index in [9.17, 15) is 14.4 Å². The highest BCUT2D eigenvalue weighted by Gasteiger charge is 2.42. The zero-order chi connectivity index (χ0) is 17.4. The maximum Gasteiger partial charge on any atom is 0.315 e. The second-order valence-electron chi connectivity index (χ2n) is 6.42. The summed E-state index contributed by atoms with van der Waals surface area (Å²) in [5.74, 6) is 0.274. The van der Waals surface area contributed by atoms with E-state index in [4.69, 9.17) is 5.11 Å². The Labute approximate surface area is 146 Å². The predicted molar refractivity (Wildman–Crippen MR) is 93.1 cm³/mol. The van der Waals surface area contributed by atoms with Crippen LogP contribution in [0.15, 0.2) is 0 Å². The molecule has 2 rings (SSSR count). The molecule has 0 aromatic carbocycles. The van der Waals surface area contributed by atoms with Gasteiger partial charge in [0.05, 0.1) is 12.1 Å². The number of hydrogen-bond acceptors (Lipinski definition) is 4. The van der Waals surface area contributed by atoms with Gasteiger partial charge in [0.1, 0.15) is 0 Å². The van der Waals surface area contributed by atoms with Crippen molar-refractivity contribution in [2.24, 2.45) is 0 Å². The molecule has 0 aromatic heterocycles. The smallest absolute Gasteiger partial charge is 0.315 e. The minimum atomic E-state index is -0.765. The van der Waals surface area contributed by atoms with E-state index in [1.54, 1.807) is 0 Å². The molecule has 4 N–H and O–H groups in total. The molecule has 1 unspecified atom stereocenters. The first kappa shape index (κ1) is 18.9. The molecule has 0 saturated carbocycles. The Morgan fingerprint density at radius 3 is 2.71 bits per heavy atom. The van der Waals surface area contributed by atoms with E-state index in [0.29, 0.717) is 24.6 Å². The predicted octanol–water partition coefficient (Wildman–Crippen LogP) is 1.47. The van der Waals surface area contributed by atoms with Crippen molar-refractivity contribution in [3.8, 4) is 0 Å². The maximum atomic E-state index is 11.7. The van der Waals surface area contributed by atoms with E-state index in [1.165, 1.54) is 0 Å². The molecule has 0 bridgehead atoms. The Hall–Kier alpha value is -1.44. The van der Waals surface area contributed by atoms with Crippen LogP contribution >= 0.6 is 11.8 Å². The van der Waals surface area contributed by atoms with Crippen molar-refractivity contribution >= 4 is 29.7 Å². The standard InChI is InChI=1S/C16H27N3O4S/c20-13(17-9-5-1-2-8-14(21)22)7-4-3-6-12-15-11(10-24-12)18-16(23)19-15/h11-12,15H,1-10H2,(H,17,20)(H,21,22)(H2,18,19,23)/t11-,12?,15-/m0/s1. The fourth-order valence-electron chi connectivity index (χ4n) is 3.17. The number of nitrogens with one attached hydrogen (secondary N) is 3. The third-order valence-electron chi connectivity index (χ3n) is 4.47. The van der Waals surface area contributed by atoms with Crippen LogP contribution in [0.4, 0.5) is 4.79 Å². The van der Waals surface area contributed by atoms with Crippen LogP contribution in [-0.2, 0) is 9.59 Å². The number of carboxylic acids is 1. The first-order valence-electron chi connectivity index (χ1n) is 8.73. The number of rotatable bonds is 11. The monoisotopic (exact) mass is 357 g/mol. The molecule has 3 atom stereocenters. The van der Waals surface area contributed by atoms with Crippen LogP contribution in [0.3, 0.4) is 0 Å². The van der Waals surface area contributed by atoms with Crippen LogP contribution in [0.2, 0.25) is 0 Å². The van der Waals surface area contributed by atoms with Gasteiger partial charge in [0, 0.05) is 30.4 Å². The van der Waals surface area contributed by atoms with Gasteiger partial charge in [0.15, 0.2) is 0 Å². The van der Waals surface area contributed by atoms with Crippen molar-refractivity contribution in [2.45, 2.75) is 68.7 Å². The quantitative estimate of drug-likeness (QED) is 0.331. The minimum absolute atomic E-state index is 0.0574. The number of thioether (sulfide) groups is 1. The highest BCUT2D eigenvalue weighted by Crippen LogP contribution is 2.33. The van der Waals surface area contributed by atoms with Crippen molar-refractivity contribution in [1.82, 2.24) is 16.0 Å². The minimum Gasteiger partial charge on any atom is -0.481 e. The third-order valence-corrected chi connectivity index (χ3v) is 5.98. The summed E-state index contributed by atoms with van der Waals surface area (Å²) in [4.78, 5) is 33.4. The van der Waals surface area contributed by atoms with Gasteiger partial charge in [-0.1, -0.05) is 12.8 Å². The largest absolute Gasteiger partial charge is 0.481 e. The molecule has 2 fully saturated rings. The van der Waals surface area contributed by atoms with Crippen molar-refractivity contribution in [1.29, 1.82) is 0 Å². The van der Waals surface area contributed by atoms with E-state index in [0.717, 1.165) is 37.9 Å². The van der Waals surface area contributed by atoms with Crippen LogP contribution in [0.1, 0.15) is 51.4 Å². The second-order valence-corrected chi connectivity index (χ2v) is 7.69. The summed E-state index contributed by atoms with van der Waals surface area (Å²) in [5, 5.41) is 17.8. The number of carbonyl (C=O) groups excluding carboxylic acids is 2. The third kappa shape index (κ3) is 6.22. The fraction of sp³-hybridized carbons (Fsp3) is 0.812. The molecule has 2 aliphatic rings. The maximum absolute atomic E-state index is 11.7. The summed E-state index contributed by atoms with van der Waals surface area (Å²) in [7, 11) is 0. The van der Waals surface area contributed by atoms with Gasteiger partial charge in [0.2, 0.25) is 5.91 Å². The molecule has 3 amide bonds. The molecular formula is C16H27N3O4S. The number of hydrogen-bond donors (Lipinski definition) is 4. The summed E-state index contributed by atoms with van der Waals surface area (Å²) in [6, 6.07) is 0.442. The van der Waals surface area contributed by atoms with Crippen LogP contribution in [0.5, 0.6) is 0 Å². The number of fused-ring (bicyclic) bond motifs is 1. The van der Waals surface area contributed by atoms with E-state index in [1.807, 2.05) is 11.8 Å². The zero-order valence-electron chi connectivity index (χ0n) is 13.9. The summed E-state index contributed by atoms with van der Waals surface area (Å²) >= 11 is 1.90. The van der Waals surface area contributed by atoms with Gasteiger partial charge in [-0.15, -0.1) is 0 Å². The molecule has 2 saturated heterocycles. The van der Waals surface area contributed by atoms with E-state index in [-0.39, 0.29) is 30.4 Å². The van der Waals surface area contributed by atoms with Crippen molar-refractivity contribution in [3.63, 3.8) is 0 Å². The molecule has 24 heavy (non-hydrogen) atoms. The molecular weight excluding hydrogens is 330 g/mol. The molecule has 7 nitrogen and oxygen atoms in total.